The Hall–Kier alpha value is -2.47. The van der Waals surface area contributed by atoms with Gasteiger partial charge in [0.1, 0.15) is 11.9 Å². The molecule has 35 heavy (non-hydrogen) atoms. The number of aliphatic hydroxyl groups excluding tert-OH is 1. The number of hydrogen-bond donors (Lipinski definition) is 2. The molecule has 1 atom stereocenters. The van der Waals surface area contributed by atoms with Gasteiger partial charge in [0.15, 0.2) is 11.6 Å². The summed E-state index contributed by atoms with van der Waals surface area (Å²) in [6.07, 6.45) is 1.20. The van der Waals surface area contributed by atoms with Gasteiger partial charge < -0.3 is 20.1 Å². The van der Waals surface area contributed by atoms with Gasteiger partial charge in [0.05, 0.1) is 11.2 Å². The van der Waals surface area contributed by atoms with Gasteiger partial charge in [-0.1, -0.05) is 0 Å². The molecule has 7 rings (SSSR count). The first-order valence-electron chi connectivity index (χ1n) is 11.8. The number of rotatable bonds is 6. The third-order valence-corrected chi connectivity index (χ3v) is 8.12. The highest BCUT2D eigenvalue weighted by molar-refractivity contribution is 5.64. The Balaban J connectivity index is 1.28. The first-order chi connectivity index (χ1) is 16.4. The number of alkyl halides is 5. The topological polar surface area (TPSA) is 89.4 Å². The molecule has 3 N–H and O–H groups in total. The minimum atomic E-state index is -4.92. The van der Waals surface area contributed by atoms with Gasteiger partial charge in [0, 0.05) is 49.4 Å². The highest BCUT2D eigenvalue weighted by Crippen LogP contribution is 2.69. The quantitative estimate of drug-likeness (QED) is 0.579. The average molecular weight is 499 g/mol. The van der Waals surface area contributed by atoms with Crippen molar-refractivity contribution in [2.75, 3.05) is 18.8 Å². The lowest BCUT2D eigenvalue weighted by molar-refractivity contribution is -0.274. The smallest absolute Gasteiger partial charge is 0.402 e. The molecule has 5 aliphatic rings. The molecule has 3 heterocycles. The van der Waals surface area contributed by atoms with Gasteiger partial charge in [0.25, 0.3) is 5.92 Å². The number of nitrogens with zero attached hydrogens (tertiary/aromatic N) is 4. The Labute approximate surface area is 198 Å². The number of imidazole rings is 1. The van der Waals surface area contributed by atoms with E-state index in [1.807, 2.05) is 4.57 Å². The number of hydrogen-bond acceptors (Lipinski definition) is 6. The Morgan fingerprint density at radius 2 is 1.77 bits per heavy atom. The zero-order chi connectivity index (χ0) is 24.8. The molecule has 0 unspecified atom stereocenters. The fraction of sp³-hybridized carbons (Fsp3) is 0.652. The van der Waals surface area contributed by atoms with Crippen molar-refractivity contribution in [3.63, 3.8) is 0 Å². The molecule has 5 fully saturated rings. The van der Waals surface area contributed by atoms with Crippen LogP contribution < -0.4 is 10.5 Å². The average Bonchev–Trinajstić information content (AvgIpc) is 3.47. The predicted molar refractivity (Wildman–Crippen MR) is 115 cm³/mol. The molecule has 0 amide bonds. The zero-order valence-corrected chi connectivity index (χ0v) is 18.9. The van der Waals surface area contributed by atoms with Crippen molar-refractivity contribution < 1.29 is 31.8 Å². The molecule has 1 saturated heterocycles. The molecule has 0 radical (unpaired) electrons. The summed E-state index contributed by atoms with van der Waals surface area (Å²) in [7, 11) is 0. The maximum Gasteiger partial charge on any atom is 0.573 e. The number of likely N-dealkylation sites (tertiary alicyclic amines) is 1. The number of anilines is 1. The van der Waals surface area contributed by atoms with E-state index >= 15 is 0 Å². The fourth-order valence-corrected chi connectivity index (χ4v) is 6.13. The van der Waals surface area contributed by atoms with Crippen LogP contribution >= 0.6 is 0 Å². The van der Waals surface area contributed by atoms with Crippen molar-refractivity contribution in [1.29, 1.82) is 0 Å². The van der Waals surface area contributed by atoms with E-state index < -0.39 is 30.0 Å². The number of piperidine rings is 1. The monoisotopic (exact) mass is 499 g/mol. The van der Waals surface area contributed by atoms with Gasteiger partial charge in [-0.05, 0) is 44.1 Å². The molecular formula is C23H26F5N5O2. The summed E-state index contributed by atoms with van der Waals surface area (Å²) in [5.41, 5.74) is 5.85. The van der Waals surface area contributed by atoms with Gasteiger partial charge in [-0.2, -0.15) is 0 Å². The summed E-state index contributed by atoms with van der Waals surface area (Å²) >= 11 is 0. The largest absolute Gasteiger partial charge is 0.573 e. The number of aromatic nitrogens is 3. The van der Waals surface area contributed by atoms with Gasteiger partial charge in [-0.25, -0.2) is 18.7 Å². The summed E-state index contributed by atoms with van der Waals surface area (Å²) in [5, 5.41) is 10.9. The Kier molecular flexibility index (Phi) is 4.78. The molecule has 2 aromatic rings. The molecule has 4 aliphatic carbocycles. The van der Waals surface area contributed by atoms with Crippen molar-refractivity contribution in [2.45, 2.75) is 74.4 Å². The zero-order valence-electron chi connectivity index (χ0n) is 18.9. The molecule has 1 aliphatic heterocycles. The van der Waals surface area contributed by atoms with Crippen LogP contribution in [0.2, 0.25) is 0 Å². The van der Waals surface area contributed by atoms with Crippen molar-refractivity contribution >= 4 is 5.82 Å². The molecule has 2 aromatic heterocycles. The van der Waals surface area contributed by atoms with E-state index in [2.05, 4.69) is 19.6 Å². The van der Waals surface area contributed by atoms with Gasteiger partial charge in [-0.15, -0.1) is 13.2 Å². The van der Waals surface area contributed by atoms with Crippen LogP contribution in [-0.4, -0.2) is 55.5 Å². The summed E-state index contributed by atoms with van der Waals surface area (Å²) in [6, 6.07) is 1.15. The SMILES string of the molecule is Nc1ncc(-c2cn(C34CC(N5CCC(F)(F)CC5)(C3)C4)c([C@@H](O)C3CC3)n2)cc1OC(F)(F)F. The Morgan fingerprint density at radius 3 is 2.37 bits per heavy atom. The third kappa shape index (κ3) is 3.85. The molecule has 7 nitrogen and oxygen atoms in total. The number of ether oxygens (including phenoxy) is 1. The first kappa shape index (κ1) is 23.0. The van der Waals surface area contributed by atoms with Crippen LogP contribution in [0.15, 0.2) is 18.5 Å². The molecule has 190 valence electrons. The third-order valence-electron chi connectivity index (χ3n) is 8.12. The van der Waals surface area contributed by atoms with Crippen molar-refractivity contribution in [3.8, 4) is 17.0 Å². The van der Waals surface area contributed by atoms with Crippen LogP contribution in [0.1, 0.15) is 56.9 Å². The van der Waals surface area contributed by atoms with E-state index in [1.165, 1.54) is 6.20 Å². The normalized spacial score (nSPS) is 30.9. The second-order valence-corrected chi connectivity index (χ2v) is 10.6. The molecule has 2 bridgehead atoms. The van der Waals surface area contributed by atoms with E-state index in [0.717, 1.165) is 38.2 Å². The van der Waals surface area contributed by atoms with E-state index in [0.29, 0.717) is 30.2 Å². The maximum atomic E-state index is 13.6. The van der Waals surface area contributed by atoms with Gasteiger partial charge >= 0.3 is 6.36 Å². The van der Waals surface area contributed by atoms with Gasteiger partial charge in [-0.3, -0.25) is 4.90 Å². The summed E-state index contributed by atoms with van der Waals surface area (Å²) < 4.78 is 71.5. The number of nitrogens with two attached hydrogens (primary N) is 1. The van der Waals surface area contributed by atoms with E-state index in [4.69, 9.17) is 5.73 Å². The molecule has 4 saturated carbocycles. The Morgan fingerprint density at radius 1 is 1.11 bits per heavy atom. The van der Waals surface area contributed by atoms with Gasteiger partial charge in [0.2, 0.25) is 0 Å². The van der Waals surface area contributed by atoms with Crippen LogP contribution in [0.25, 0.3) is 11.3 Å². The highest BCUT2D eigenvalue weighted by atomic mass is 19.4. The minimum Gasteiger partial charge on any atom is -0.402 e. The standard InChI is InChI=1S/C23H26F5N5O2/c24-22(25)3-5-32(6-4-22)20-10-21(11-20,12-20)33-9-15(31-19(33)17(34)13-1-2-13)14-7-16(18(29)30-8-14)35-23(26,27)28/h7-9,13,17,34H,1-6,10-12H2,(H2,29,30)/t17-,20?,21?/m0/s1. The lowest BCUT2D eigenvalue weighted by atomic mass is 9.43. The number of aliphatic hydroxyl groups is 1. The fourth-order valence-electron chi connectivity index (χ4n) is 6.13. The van der Waals surface area contributed by atoms with Crippen molar-refractivity contribution in [3.05, 3.63) is 24.3 Å². The van der Waals surface area contributed by atoms with E-state index in [-0.39, 0.29) is 29.8 Å². The van der Waals surface area contributed by atoms with Crippen LogP contribution in [0.4, 0.5) is 27.8 Å². The number of halogens is 5. The summed E-state index contributed by atoms with van der Waals surface area (Å²) in [4.78, 5) is 10.6. The highest BCUT2D eigenvalue weighted by Gasteiger charge is 2.72. The summed E-state index contributed by atoms with van der Waals surface area (Å²) in [5.74, 6) is -3.02. The molecular weight excluding hydrogens is 473 g/mol. The van der Waals surface area contributed by atoms with Crippen molar-refractivity contribution in [2.24, 2.45) is 5.92 Å². The Bertz CT molecular complexity index is 1130. The maximum absolute atomic E-state index is 13.6. The predicted octanol–water partition coefficient (Wildman–Crippen LogP) is 4.23. The lowest BCUT2D eigenvalue weighted by Crippen LogP contribution is -2.79. The number of pyridine rings is 1. The lowest BCUT2D eigenvalue weighted by Gasteiger charge is -2.75. The van der Waals surface area contributed by atoms with Crippen LogP contribution in [0, 0.1) is 5.92 Å². The number of nitrogen functional groups attached to an aromatic ring is 1. The van der Waals surface area contributed by atoms with Crippen LogP contribution in [-0.2, 0) is 5.54 Å². The van der Waals surface area contributed by atoms with E-state index in [9.17, 15) is 27.1 Å². The molecule has 0 aromatic carbocycles. The van der Waals surface area contributed by atoms with E-state index in [1.54, 1.807) is 6.20 Å². The second-order valence-electron chi connectivity index (χ2n) is 10.6. The molecule has 0 spiro atoms. The van der Waals surface area contributed by atoms with Crippen LogP contribution in [0.3, 0.4) is 0 Å². The molecule has 12 heteroatoms. The van der Waals surface area contributed by atoms with Crippen LogP contribution in [0.5, 0.6) is 5.75 Å². The first-order valence-corrected chi connectivity index (χ1v) is 11.8. The second kappa shape index (κ2) is 7.28. The minimum absolute atomic E-state index is 0.0980. The van der Waals surface area contributed by atoms with Crippen molar-refractivity contribution in [1.82, 2.24) is 19.4 Å². The summed E-state index contributed by atoms with van der Waals surface area (Å²) in [6.45, 7) is 0.740.